The van der Waals surface area contributed by atoms with Gasteiger partial charge in [0.15, 0.2) is 16.3 Å². The second-order valence-corrected chi connectivity index (χ2v) is 4.60. The molecule has 0 fully saturated rings. The van der Waals surface area contributed by atoms with Gasteiger partial charge in [0.05, 0.1) is 12.9 Å². The van der Waals surface area contributed by atoms with Crippen LogP contribution in [0.2, 0.25) is 0 Å². The first-order valence-electron chi connectivity index (χ1n) is 5.40. The lowest BCUT2D eigenvalue weighted by Crippen LogP contribution is -2.10. The average molecular weight is 284 g/mol. The highest BCUT2D eigenvalue weighted by Crippen LogP contribution is 2.11. The number of carbonyl (C=O) groups is 1. The molecule has 0 radical (unpaired) electrons. The Balaban J connectivity index is 2.01. The van der Waals surface area contributed by atoms with Gasteiger partial charge in [-0.05, 0) is 0 Å². The van der Waals surface area contributed by atoms with Crippen LogP contribution in [0.3, 0.4) is 0 Å². The van der Waals surface area contributed by atoms with E-state index in [9.17, 15) is 9.59 Å². The number of fused-ring (bicyclic) bond motifs is 1. The predicted octanol–water partition coefficient (Wildman–Crippen LogP) is -0.0276. The monoisotopic (exact) mass is 284 g/mol. The van der Waals surface area contributed by atoms with Gasteiger partial charge in [0, 0.05) is 6.92 Å². The standard InChI is InChI=1S/C10H12N4O4S/c1-6(15)18-3-2-17-5-14-4-12-7-8(14)13-10(11)19-9(7)16/h4H,2-3,5H2,1H3,(H2,11,13). The summed E-state index contributed by atoms with van der Waals surface area (Å²) in [6.07, 6.45) is 1.46. The Bertz CT molecular complexity index is 651. The SMILES string of the molecule is CC(=O)OCCOCn1cnc2c(=O)sc(N)nc21. The maximum atomic E-state index is 11.6. The van der Waals surface area contributed by atoms with Crippen molar-refractivity contribution < 1.29 is 14.3 Å². The van der Waals surface area contributed by atoms with E-state index in [0.29, 0.717) is 5.65 Å². The van der Waals surface area contributed by atoms with Crippen molar-refractivity contribution in [3.8, 4) is 0 Å². The topological polar surface area (TPSA) is 109 Å². The summed E-state index contributed by atoms with van der Waals surface area (Å²) in [5.41, 5.74) is 6.18. The van der Waals surface area contributed by atoms with Crippen molar-refractivity contribution in [2.45, 2.75) is 13.7 Å². The molecular weight excluding hydrogens is 272 g/mol. The smallest absolute Gasteiger partial charge is 0.302 e. The molecule has 0 saturated carbocycles. The number of nitrogens with zero attached hydrogens (tertiary/aromatic N) is 3. The highest BCUT2D eigenvalue weighted by Gasteiger charge is 2.09. The molecule has 0 aliphatic carbocycles. The van der Waals surface area contributed by atoms with E-state index in [-0.39, 0.29) is 41.3 Å². The van der Waals surface area contributed by atoms with Gasteiger partial charge in [0.1, 0.15) is 13.3 Å². The second-order valence-electron chi connectivity index (χ2n) is 3.60. The van der Waals surface area contributed by atoms with Crippen LogP contribution in [0.5, 0.6) is 0 Å². The molecule has 0 aliphatic heterocycles. The molecule has 2 N–H and O–H groups in total. The largest absolute Gasteiger partial charge is 0.463 e. The Morgan fingerprint density at radius 3 is 3.05 bits per heavy atom. The number of nitrogen functional groups attached to an aromatic ring is 1. The van der Waals surface area contributed by atoms with Crippen LogP contribution in [0.15, 0.2) is 11.1 Å². The summed E-state index contributed by atoms with van der Waals surface area (Å²) in [7, 11) is 0. The molecule has 0 atom stereocenters. The number of anilines is 1. The molecule has 0 aromatic carbocycles. The van der Waals surface area contributed by atoms with Crippen LogP contribution in [0.25, 0.3) is 11.2 Å². The lowest BCUT2D eigenvalue weighted by molar-refractivity contribution is -0.142. The van der Waals surface area contributed by atoms with E-state index in [1.54, 1.807) is 4.57 Å². The quantitative estimate of drug-likeness (QED) is 0.606. The van der Waals surface area contributed by atoms with Crippen molar-refractivity contribution in [1.29, 1.82) is 0 Å². The Hall–Kier alpha value is -2.00. The third kappa shape index (κ3) is 3.26. The summed E-state index contributed by atoms with van der Waals surface area (Å²) < 4.78 is 11.3. The molecule has 2 rings (SSSR count). The molecule has 102 valence electrons. The zero-order valence-electron chi connectivity index (χ0n) is 10.2. The van der Waals surface area contributed by atoms with E-state index in [0.717, 1.165) is 11.3 Å². The first-order chi connectivity index (χ1) is 9.08. The van der Waals surface area contributed by atoms with Crippen molar-refractivity contribution in [1.82, 2.24) is 14.5 Å². The third-order valence-corrected chi connectivity index (χ3v) is 2.86. The number of aromatic nitrogens is 3. The molecule has 8 nitrogen and oxygen atoms in total. The molecule has 0 bridgehead atoms. The Morgan fingerprint density at radius 2 is 2.32 bits per heavy atom. The van der Waals surface area contributed by atoms with Gasteiger partial charge in [-0.3, -0.25) is 14.2 Å². The highest BCUT2D eigenvalue weighted by atomic mass is 32.1. The molecule has 0 aliphatic rings. The summed E-state index contributed by atoms with van der Waals surface area (Å²) in [6.45, 7) is 1.90. The zero-order valence-corrected chi connectivity index (χ0v) is 11.0. The van der Waals surface area contributed by atoms with Crippen LogP contribution < -0.4 is 10.5 Å². The summed E-state index contributed by atoms with van der Waals surface area (Å²) in [6, 6.07) is 0. The molecule has 19 heavy (non-hydrogen) atoms. The molecule has 0 spiro atoms. The van der Waals surface area contributed by atoms with Gasteiger partial charge in [-0.15, -0.1) is 0 Å². The number of imidazole rings is 1. The number of hydrogen-bond acceptors (Lipinski definition) is 8. The normalized spacial score (nSPS) is 10.8. The summed E-state index contributed by atoms with van der Waals surface area (Å²) in [4.78, 5) is 30.1. The number of ether oxygens (including phenoxy) is 2. The van der Waals surface area contributed by atoms with Crippen molar-refractivity contribution in [2.75, 3.05) is 18.9 Å². The van der Waals surface area contributed by atoms with E-state index in [1.165, 1.54) is 13.3 Å². The van der Waals surface area contributed by atoms with Crippen LogP contribution in [-0.2, 0) is 21.0 Å². The Morgan fingerprint density at radius 1 is 1.53 bits per heavy atom. The Kier molecular flexibility index (Phi) is 4.07. The van der Waals surface area contributed by atoms with Crippen LogP contribution >= 0.6 is 11.3 Å². The lowest BCUT2D eigenvalue weighted by Gasteiger charge is -2.05. The molecule has 0 amide bonds. The van der Waals surface area contributed by atoms with Gasteiger partial charge in [0.2, 0.25) is 0 Å². The third-order valence-electron chi connectivity index (χ3n) is 2.18. The minimum Gasteiger partial charge on any atom is -0.463 e. The average Bonchev–Trinajstić information content (AvgIpc) is 2.72. The summed E-state index contributed by atoms with van der Waals surface area (Å²) in [5.74, 6) is -0.358. The molecular formula is C10H12N4O4S. The van der Waals surface area contributed by atoms with E-state index >= 15 is 0 Å². The molecule has 0 saturated heterocycles. The van der Waals surface area contributed by atoms with Crippen LogP contribution in [0.4, 0.5) is 5.13 Å². The van der Waals surface area contributed by atoms with Gasteiger partial charge in [-0.25, -0.2) is 9.97 Å². The molecule has 0 unspecified atom stereocenters. The van der Waals surface area contributed by atoms with E-state index in [4.69, 9.17) is 15.2 Å². The molecule has 2 aromatic heterocycles. The number of hydrogen-bond donors (Lipinski definition) is 1. The first-order valence-corrected chi connectivity index (χ1v) is 6.22. The predicted molar refractivity (Wildman–Crippen MR) is 68.7 cm³/mol. The zero-order chi connectivity index (χ0) is 13.8. The maximum absolute atomic E-state index is 11.6. The van der Waals surface area contributed by atoms with Gasteiger partial charge < -0.3 is 15.2 Å². The lowest BCUT2D eigenvalue weighted by atomic mass is 10.6. The fourth-order valence-corrected chi connectivity index (χ4v) is 1.97. The van der Waals surface area contributed by atoms with Gasteiger partial charge in [-0.2, -0.15) is 0 Å². The molecule has 2 heterocycles. The number of rotatable bonds is 5. The number of carbonyl (C=O) groups excluding carboxylic acids is 1. The van der Waals surface area contributed by atoms with Gasteiger partial charge in [-0.1, -0.05) is 11.3 Å². The Labute approximate surface area is 111 Å². The maximum Gasteiger partial charge on any atom is 0.302 e. The fraction of sp³-hybridized carbons (Fsp3) is 0.400. The highest BCUT2D eigenvalue weighted by molar-refractivity contribution is 7.13. The number of esters is 1. The number of nitrogens with two attached hydrogens (primary N) is 1. The van der Waals surface area contributed by atoms with Crippen LogP contribution in [-0.4, -0.2) is 33.7 Å². The van der Waals surface area contributed by atoms with Crippen molar-refractivity contribution in [2.24, 2.45) is 0 Å². The van der Waals surface area contributed by atoms with E-state index in [1.807, 2.05) is 0 Å². The van der Waals surface area contributed by atoms with Crippen molar-refractivity contribution in [3.05, 3.63) is 15.9 Å². The first kappa shape index (κ1) is 13.4. The van der Waals surface area contributed by atoms with E-state index < -0.39 is 0 Å². The van der Waals surface area contributed by atoms with E-state index in [2.05, 4.69) is 9.97 Å². The minimum absolute atomic E-state index is 0.151. The minimum atomic E-state index is -0.358. The van der Waals surface area contributed by atoms with Crippen molar-refractivity contribution >= 4 is 33.6 Å². The van der Waals surface area contributed by atoms with Gasteiger partial charge in [0.25, 0.3) is 4.74 Å². The molecule has 9 heteroatoms. The van der Waals surface area contributed by atoms with Crippen LogP contribution in [0, 0.1) is 0 Å². The van der Waals surface area contributed by atoms with Gasteiger partial charge >= 0.3 is 5.97 Å². The van der Waals surface area contributed by atoms with Crippen molar-refractivity contribution in [3.63, 3.8) is 0 Å². The summed E-state index contributed by atoms with van der Waals surface area (Å²) >= 11 is 0.847. The fourth-order valence-electron chi connectivity index (χ4n) is 1.41. The second kappa shape index (κ2) is 5.76. The molecule has 2 aromatic rings. The summed E-state index contributed by atoms with van der Waals surface area (Å²) in [5, 5.41) is 0.180. The van der Waals surface area contributed by atoms with Crippen LogP contribution in [0.1, 0.15) is 6.92 Å².